The van der Waals surface area contributed by atoms with Crippen molar-refractivity contribution >= 4 is 11.0 Å². The molecular formula is C14H13NO2. The summed E-state index contributed by atoms with van der Waals surface area (Å²) in [6, 6.07) is 7.36. The maximum Gasteiger partial charge on any atom is 0.210 e. The average molecular weight is 227 g/mol. The highest BCUT2D eigenvalue weighted by Gasteiger charge is 2.15. The lowest BCUT2D eigenvalue weighted by atomic mass is 9.86. The number of rotatable bonds is 0. The minimum absolute atomic E-state index is 0.0384. The molecular weight excluding hydrogens is 214 g/mol. The van der Waals surface area contributed by atoms with Gasteiger partial charge >= 0.3 is 0 Å². The lowest BCUT2D eigenvalue weighted by Gasteiger charge is -2.18. The number of hydrogen-bond acceptors (Lipinski definition) is 3. The van der Waals surface area contributed by atoms with Crippen molar-refractivity contribution in [3.63, 3.8) is 0 Å². The predicted molar refractivity (Wildman–Crippen MR) is 65.9 cm³/mol. The van der Waals surface area contributed by atoms with E-state index in [9.17, 15) is 4.79 Å². The van der Waals surface area contributed by atoms with E-state index in [4.69, 9.17) is 9.68 Å². The van der Waals surface area contributed by atoms with Crippen molar-refractivity contribution in [1.29, 1.82) is 5.26 Å². The summed E-state index contributed by atoms with van der Waals surface area (Å²) < 4.78 is 5.26. The third kappa shape index (κ3) is 1.94. The fraction of sp³-hybridized carbons (Fsp3) is 0.286. The van der Waals surface area contributed by atoms with Crippen LogP contribution in [0.3, 0.4) is 0 Å². The molecule has 0 saturated heterocycles. The highest BCUT2D eigenvalue weighted by atomic mass is 16.3. The first-order valence-electron chi connectivity index (χ1n) is 5.39. The van der Waals surface area contributed by atoms with Crippen molar-refractivity contribution in [3.8, 4) is 6.07 Å². The quantitative estimate of drug-likeness (QED) is 0.695. The van der Waals surface area contributed by atoms with E-state index in [-0.39, 0.29) is 16.4 Å². The molecule has 0 bridgehead atoms. The topological polar surface area (TPSA) is 54.0 Å². The Hall–Kier alpha value is -2.08. The smallest absolute Gasteiger partial charge is 0.210 e. The third-order valence-corrected chi connectivity index (χ3v) is 2.76. The highest BCUT2D eigenvalue weighted by molar-refractivity contribution is 5.78. The van der Waals surface area contributed by atoms with Crippen LogP contribution in [0.25, 0.3) is 11.0 Å². The molecule has 0 spiro atoms. The number of benzene rings is 1. The standard InChI is InChI=1S/C14H13NO2/c1-14(2,3)10-4-5-12-11(6-10)13(16)9(7-15)8-17-12/h4-6,8H,1-3H3. The maximum absolute atomic E-state index is 12.0. The van der Waals surface area contributed by atoms with Crippen molar-refractivity contribution in [2.75, 3.05) is 0 Å². The predicted octanol–water partition coefficient (Wildman–Crippen LogP) is 2.96. The molecule has 0 fully saturated rings. The summed E-state index contributed by atoms with van der Waals surface area (Å²) in [6.07, 6.45) is 1.21. The number of nitrogens with zero attached hydrogens (tertiary/aromatic N) is 1. The Balaban J connectivity index is 2.81. The minimum Gasteiger partial charge on any atom is -0.463 e. The van der Waals surface area contributed by atoms with E-state index >= 15 is 0 Å². The molecule has 0 atom stereocenters. The molecule has 2 aromatic rings. The first kappa shape index (κ1) is 11.4. The van der Waals surface area contributed by atoms with E-state index in [1.54, 1.807) is 6.07 Å². The largest absolute Gasteiger partial charge is 0.463 e. The van der Waals surface area contributed by atoms with Crippen molar-refractivity contribution in [2.24, 2.45) is 0 Å². The van der Waals surface area contributed by atoms with Gasteiger partial charge in [0.15, 0.2) is 0 Å². The Morgan fingerprint density at radius 3 is 2.59 bits per heavy atom. The molecule has 1 heterocycles. The van der Waals surface area contributed by atoms with Crippen LogP contribution in [-0.2, 0) is 5.41 Å². The fourth-order valence-electron chi connectivity index (χ4n) is 1.67. The average Bonchev–Trinajstić information content (AvgIpc) is 2.28. The van der Waals surface area contributed by atoms with E-state index in [1.807, 2.05) is 18.2 Å². The molecule has 0 radical (unpaired) electrons. The number of hydrogen-bond donors (Lipinski definition) is 0. The lowest BCUT2D eigenvalue weighted by Crippen LogP contribution is -2.12. The van der Waals surface area contributed by atoms with Gasteiger partial charge in [0.05, 0.1) is 5.39 Å². The van der Waals surface area contributed by atoms with Crippen LogP contribution >= 0.6 is 0 Å². The summed E-state index contributed by atoms with van der Waals surface area (Å²) >= 11 is 0. The van der Waals surface area contributed by atoms with Crippen LogP contribution in [0.2, 0.25) is 0 Å². The molecule has 0 aliphatic rings. The maximum atomic E-state index is 12.0. The zero-order valence-electron chi connectivity index (χ0n) is 10.1. The van der Waals surface area contributed by atoms with Gasteiger partial charge in [-0.15, -0.1) is 0 Å². The number of nitriles is 1. The fourth-order valence-corrected chi connectivity index (χ4v) is 1.67. The van der Waals surface area contributed by atoms with Crippen molar-refractivity contribution in [2.45, 2.75) is 26.2 Å². The summed E-state index contributed by atoms with van der Waals surface area (Å²) in [5.41, 5.74) is 1.31. The van der Waals surface area contributed by atoms with Gasteiger partial charge in [-0.05, 0) is 23.1 Å². The highest BCUT2D eigenvalue weighted by Crippen LogP contribution is 2.24. The van der Waals surface area contributed by atoms with E-state index in [0.717, 1.165) is 5.56 Å². The van der Waals surface area contributed by atoms with Crippen molar-refractivity contribution in [1.82, 2.24) is 0 Å². The molecule has 0 saturated carbocycles. The third-order valence-electron chi connectivity index (χ3n) is 2.76. The normalized spacial score (nSPS) is 11.4. The van der Waals surface area contributed by atoms with Crippen LogP contribution < -0.4 is 5.43 Å². The molecule has 0 amide bonds. The Morgan fingerprint density at radius 1 is 1.29 bits per heavy atom. The molecule has 17 heavy (non-hydrogen) atoms. The lowest BCUT2D eigenvalue weighted by molar-refractivity contribution is 0.585. The van der Waals surface area contributed by atoms with Gasteiger partial charge < -0.3 is 4.42 Å². The van der Waals surface area contributed by atoms with E-state index in [1.165, 1.54) is 6.26 Å². The van der Waals surface area contributed by atoms with Crippen LogP contribution in [0.5, 0.6) is 0 Å². The summed E-state index contributed by atoms with van der Waals surface area (Å²) in [6.45, 7) is 6.22. The van der Waals surface area contributed by atoms with E-state index < -0.39 is 0 Å². The molecule has 1 aromatic carbocycles. The Kier molecular flexibility index (Phi) is 2.51. The van der Waals surface area contributed by atoms with Gasteiger partial charge in [-0.1, -0.05) is 26.8 Å². The zero-order valence-corrected chi connectivity index (χ0v) is 10.1. The second kappa shape index (κ2) is 3.74. The van der Waals surface area contributed by atoms with Gasteiger partial charge in [0.1, 0.15) is 23.5 Å². The molecule has 0 aliphatic heterocycles. The molecule has 86 valence electrons. The van der Waals surface area contributed by atoms with Gasteiger partial charge in [-0.2, -0.15) is 5.26 Å². The van der Waals surface area contributed by atoms with Crippen molar-refractivity contribution in [3.05, 3.63) is 45.8 Å². The van der Waals surface area contributed by atoms with Crippen molar-refractivity contribution < 1.29 is 4.42 Å². The first-order chi connectivity index (χ1) is 7.93. The molecule has 0 aliphatic carbocycles. The molecule has 1 aromatic heterocycles. The summed E-state index contributed by atoms with van der Waals surface area (Å²) in [5, 5.41) is 9.27. The van der Waals surface area contributed by atoms with Gasteiger partial charge in [0, 0.05) is 0 Å². The molecule has 0 N–H and O–H groups in total. The Bertz CT molecular complexity index is 669. The van der Waals surface area contributed by atoms with Gasteiger partial charge in [-0.25, -0.2) is 0 Å². The van der Waals surface area contributed by atoms with Crippen LogP contribution in [0.4, 0.5) is 0 Å². The zero-order chi connectivity index (χ0) is 12.6. The second-order valence-electron chi connectivity index (χ2n) is 5.05. The second-order valence-corrected chi connectivity index (χ2v) is 5.05. The SMILES string of the molecule is CC(C)(C)c1ccc2occ(C#N)c(=O)c2c1. The summed E-state index contributed by atoms with van der Waals surface area (Å²) in [4.78, 5) is 12.0. The van der Waals surface area contributed by atoms with Gasteiger partial charge in [-0.3, -0.25) is 4.79 Å². The molecule has 3 nitrogen and oxygen atoms in total. The number of fused-ring (bicyclic) bond motifs is 1. The van der Waals surface area contributed by atoms with Crippen LogP contribution in [0.1, 0.15) is 31.9 Å². The summed E-state index contributed by atoms with van der Waals surface area (Å²) in [7, 11) is 0. The summed E-state index contributed by atoms with van der Waals surface area (Å²) in [5.74, 6) is 0. The van der Waals surface area contributed by atoms with Crippen LogP contribution in [0, 0.1) is 11.3 Å². The monoisotopic (exact) mass is 227 g/mol. The Morgan fingerprint density at radius 2 is 2.00 bits per heavy atom. The first-order valence-corrected chi connectivity index (χ1v) is 5.39. The van der Waals surface area contributed by atoms with Crippen LogP contribution in [0.15, 0.2) is 33.7 Å². The molecule has 0 unspecified atom stereocenters. The molecule has 3 heteroatoms. The van der Waals surface area contributed by atoms with E-state index in [0.29, 0.717) is 11.0 Å². The van der Waals surface area contributed by atoms with Gasteiger partial charge in [0.2, 0.25) is 5.43 Å². The Labute approximate surface area is 99.3 Å². The minimum atomic E-state index is -0.264. The van der Waals surface area contributed by atoms with Gasteiger partial charge in [0.25, 0.3) is 0 Å². The molecule has 2 rings (SSSR count). The van der Waals surface area contributed by atoms with E-state index in [2.05, 4.69) is 20.8 Å². The van der Waals surface area contributed by atoms with Crippen LogP contribution in [-0.4, -0.2) is 0 Å².